The Balaban J connectivity index is 1.13. The molecular weight excluding hydrogens is 793 g/mol. The molecule has 1 unspecified atom stereocenters. The number of hydrogen-bond acceptors (Lipinski definition) is 4. The van der Waals surface area contributed by atoms with Gasteiger partial charge in [0.2, 0.25) is 11.8 Å². The van der Waals surface area contributed by atoms with Crippen molar-refractivity contribution < 1.29 is 9.15 Å². The molecule has 0 fully saturated rings. The Morgan fingerprint density at radius 2 is 1.11 bits per heavy atom. The van der Waals surface area contributed by atoms with Gasteiger partial charge in [-0.3, -0.25) is 0 Å². The Kier molecular flexibility index (Phi) is 11.7. The largest absolute Gasteiger partial charge is 0.494 e. The number of unbranched alkanes of at least 4 members (excludes halogenated alkanes) is 5. The molecule has 4 nitrogen and oxygen atoms in total. The van der Waals surface area contributed by atoms with E-state index in [1.807, 2.05) is 54.6 Å². The van der Waals surface area contributed by atoms with Crippen LogP contribution in [-0.2, 0) is 10.8 Å². The van der Waals surface area contributed by atoms with Gasteiger partial charge in [-0.25, -0.2) is 0 Å². The van der Waals surface area contributed by atoms with E-state index >= 15 is 0 Å². The van der Waals surface area contributed by atoms with E-state index < -0.39 is 10.8 Å². The third-order valence-corrected chi connectivity index (χ3v) is 12.6. The highest BCUT2D eigenvalue weighted by Crippen LogP contribution is 2.53. The van der Waals surface area contributed by atoms with E-state index in [0.717, 1.165) is 90.1 Å². The van der Waals surface area contributed by atoms with Crippen molar-refractivity contribution in [2.75, 3.05) is 6.61 Å². The van der Waals surface area contributed by atoms with Gasteiger partial charge in [-0.05, 0) is 164 Å². The van der Waals surface area contributed by atoms with Crippen molar-refractivity contribution in [1.29, 1.82) is 0 Å². The summed E-state index contributed by atoms with van der Waals surface area (Å²) in [5.74, 6) is 27.9. The van der Waals surface area contributed by atoms with E-state index in [0.29, 0.717) is 18.4 Å². The highest BCUT2D eigenvalue weighted by molar-refractivity contribution is 5.93. The average molecular weight is 837 g/mol. The number of fused-ring (bicyclic) bond motifs is 6. The van der Waals surface area contributed by atoms with Crippen molar-refractivity contribution in [1.82, 2.24) is 10.2 Å². The first kappa shape index (κ1) is 41.9. The molecule has 0 saturated heterocycles. The number of ether oxygens (including phenoxy) is 1. The molecule has 0 N–H and O–H groups in total. The Hall–Kier alpha value is -8.38. The molecule has 0 saturated carbocycles. The zero-order chi connectivity index (χ0) is 44.8. The lowest BCUT2D eigenvalue weighted by Gasteiger charge is -2.22. The summed E-state index contributed by atoms with van der Waals surface area (Å²) in [6.07, 6.45) is 24.4. The number of terminal acetylenes is 3. The van der Waals surface area contributed by atoms with Crippen LogP contribution >= 0.6 is 0 Å². The van der Waals surface area contributed by atoms with Crippen LogP contribution in [0.1, 0.15) is 74.6 Å². The van der Waals surface area contributed by atoms with Gasteiger partial charge in [0.15, 0.2) is 0 Å². The van der Waals surface area contributed by atoms with E-state index in [-0.39, 0.29) is 0 Å². The minimum absolute atomic E-state index is 0.395. The molecule has 310 valence electrons. The fourth-order valence-electron chi connectivity index (χ4n) is 9.35. The predicted octanol–water partition coefficient (Wildman–Crippen LogP) is 12.9. The first-order chi connectivity index (χ1) is 31.9. The Morgan fingerprint density at radius 3 is 1.86 bits per heavy atom. The van der Waals surface area contributed by atoms with Crippen LogP contribution < -0.4 is 4.74 Å². The summed E-state index contributed by atoms with van der Waals surface area (Å²) in [4.78, 5) is 0. The van der Waals surface area contributed by atoms with Gasteiger partial charge in [-0.15, -0.1) is 29.5 Å². The van der Waals surface area contributed by atoms with Crippen molar-refractivity contribution in [3.05, 3.63) is 150 Å². The number of aromatic nitrogens is 2. The molecule has 0 bridgehead atoms. The number of hydrogen-bond donors (Lipinski definition) is 0. The molecule has 2 aliphatic rings. The lowest BCUT2D eigenvalue weighted by molar-refractivity contribution is 0.304. The summed E-state index contributed by atoms with van der Waals surface area (Å²) in [6, 6.07) is 43.6. The van der Waals surface area contributed by atoms with Crippen LogP contribution in [0.3, 0.4) is 0 Å². The molecule has 65 heavy (non-hydrogen) atoms. The molecule has 9 rings (SSSR count). The van der Waals surface area contributed by atoms with Crippen LogP contribution in [-0.4, -0.2) is 16.8 Å². The van der Waals surface area contributed by atoms with Crippen LogP contribution in [0.25, 0.3) is 67.4 Å². The summed E-state index contributed by atoms with van der Waals surface area (Å²) in [6.45, 7) is 5.06. The molecule has 7 aromatic rings. The van der Waals surface area contributed by atoms with Gasteiger partial charge in [0, 0.05) is 11.1 Å². The summed E-state index contributed by atoms with van der Waals surface area (Å²) in [7, 11) is 0. The first-order valence-electron chi connectivity index (χ1n) is 22.1. The van der Waals surface area contributed by atoms with Gasteiger partial charge in [-0.2, -0.15) is 0 Å². The molecule has 1 atom stereocenters. The molecule has 0 radical (unpaired) electrons. The van der Waals surface area contributed by atoms with Crippen LogP contribution in [0.4, 0.5) is 0 Å². The summed E-state index contributed by atoms with van der Waals surface area (Å²) in [5, 5.41) is 9.25. The number of benzene rings is 6. The minimum Gasteiger partial charge on any atom is -0.494 e. The highest BCUT2D eigenvalue weighted by Gasteiger charge is 2.42. The lowest BCUT2D eigenvalue weighted by atomic mass is 9.78. The fourth-order valence-corrected chi connectivity index (χ4v) is 9.35. The first-order valence-corrected chi connectivity index (χ1v) is 22.1. The standard InChI is InChI=1S/C61H44N2O2/c1-6-10-14-15-16-21-38-64-47-32-29-43(30-33-47)58-62-63-59(65-58)53-41-52-49-26-17-19-27-54(49)60(5,35-11-7-2)56(52)42-51(53)46-24-22-23-44(39-46)45-31-34-50-48-25-18-20-28-55(48)61(36-12-8-3,37-13-9-4)57(50)40-45/h2-4,17-20,22-34,39-42H,6,10,14-16,21,38H2,1,5H3. The fraction of sp³-hybridized carbons (Fsp3) is 0.180. The van der Waals surface area contributed by atoms with Gasteiger partial charge < -0.3 is 9.15 Å². The van der Waals surface area contributed by atoms with E-state index in [1.165, 1.54) is 32.1 Å². The second-order valence-electron chi connectivity index (χ2n) is 16.5. The topological polar surface area (TPSA) is 48.2 Å². The van der Waals surface area contributed by atoms with Crippen LogP contribution in [0.15, 0.2) is 132 Å². The SMILES string of the molecule is C#CC#CC1(C)c2ccccc2-c2cc(-c3nnc(-c4ccc(OCCCCCCCC)cc4)o3)c(-c3cccc(-c4ccc5c(c4)C(C#CC#C)(C#CC#C)c4ccccc4-5)c3)cc21. The smallest absolute Gasteiger partial charge is 0.248 e. The summed E-state index contributed by atoms with van der Waals surface area (Å²) in [5.41, 5.74) is 12.0. The molecule has 0 amide bonds. The molecular formula is C61H44N2O2. The molecule has 0 aliphatic heterocycles. The van der Waals surface area contributed by atoms with Gasteiger partial charge in [0.1, 0.15) is 11.2 Å². The molecule has 0 spiro atoms. The second kappa shape index (κ2) is 18.1. The molecule has 2 aliphatic carbocycles. The van der Waals surface area contributed by atoms with Crippen molar-refractivity contribution in [2.45, 2.75) is 63.2 Å². The lowest BCUT2D eigenvalue weighted by Crippen LogP contribution is -2.21. The monoisotopic (exact) mass is 836 g/mol. The van der Waals surface area contributed by atoms with Crippen LogP contribution in [0, 0.1) is 72.6 Å². The molecule has 1 aromatic heterocycles. The molecule has 6 aromatic carbocycles. The normalized spacial score (nSPS) is 14.2. The zero-order valence-electron chi connectivity index (χ0n) is 36.5. The van der Waals surface area contributed by atoms with E-state index in [1.54, 1.807) is 0 Å². The summed E-state index contributed by atoms with van der Waals surface area (Å²) >= 11 is 0. The zero-order valence-corrected chi connectivity index (χ0v) is 36.5. The molecule has 1 heterocycles. The maximum atomic E-state index is 6.58. The number of nitrogens with zero attached hydrogens (tertiary/aromatic N) is 2. The third kappa shape index (κ3) is 7.75. The Morgan fingerprint density at radius 1 is 0.492 bits per heavy atom. The van der Waals surface area contributed by atoms with Gasteiger partial charge >= 0.3 is 0 Å². The van der Waals surface area contributed by atoms with Crippen LogP contribution in [0.5, 0.6) is 5.75 Å². The quantitative estimate of drug-likeness (QED) is 0.0909. The Bertz CT molecular complexity index is 3280. The van der Waals surface area contributed by atoms with Crippen LogP contribution in [0.2, 0.25) is 0 Å². The van der Waals surface area contributed by atoms with E-state index in [9.17, 15) is 0 Å². The van der Waals surface area contributed by atoms with Gasteiger partial charge in [-0.1, -0.05) is 136 Å². The van der Waals surface area contributed by atoms with E-state index in [2.05, 4.69) is 150 Å². The second-order valence-corrected chi connectivity index (χ2v) is 16.5. The predicted molar refractivity (Wildman–Crippen MR) is 263 cm³/mol. The minimum atomic E-state index is -0.999. The van der Waals surface area contributed by atoms with Crippen molar-refractivity contribution >= 4 is 0 Å². The van der Waals surface area contributed by atoms with Crippen molar-refractivity contribution in [2.24, 2.45) is 0 Å². The Labute approximate surface area is 382 Å². The van der Waals surface area contributed by atoms with Crippen molar-refractivity contribution in [3.8, 4) is 146 Å². The van der Waals surface area contributed by atoms with Gasteiger partial charge in [0.25, 0.3) is 0 Å². The maximum absolute atomic E-state index is 6.58. The van der Waals surface area contributed by atoms with E-state index in [4.69, 9.17) is 28.4 Å². The highest BCUT2D eigenvalue weighted by atomic mass is 16.5. The maximum Gasteiger partial charge on any atom is 0.248 e. The summed E-state index contributed by atoms with van der Waals surface area (Å²) < 4.78 is 12.6. The average Bonchev–Trinajstić information content (AvgIpc) is 4.02. The third-order valence-electron chi connectivity index (χ3n) is 12.6. The number of rotatable bonds is 12. The van der Waals surface area contributed by atoms with Crippen molar-refractivity contribution in [3.63, 3.8) is 0 Å². The molecule has 4 heteroatoms. The van der Waals surface area contributed by atoms with Gasteiger partial charge in [0.05, 0.1) is 12.0 Å².